The maximum atomic E-state index is 14.2. The van der Waals surface area contributed by atoms with Crippen molar-refractivity contribution in [2.24, 2.45) is 5.41 Å². The van der Waals surface area contributed by atoms with Crippen molar-refractivity contribution in [3.8, 4) is 21.9 Å². The topological polar surface area (TPSA) is 236 Å². The Morgan fingerprint density at radius 2 is 1.56 bits per heavy atom. The number of aliphatic hydroxyl groups excluding tert-OH is 1. The Labute approximate surface area is 450 Å². The van der Waals surface area contributed by atoms with E-state index in [-0.39, 0.29) is 77.6 Å². The number of amides is 6. The zero-order valence-corrected chi connectivity index (χ0v) is 45.5. The fourth-order valence-electron chi connectivity index (χ4n) is 8.78. The van der Waals surface area contributed by atoms with Gasteiger partial charge in [0, 0.05) is 82.7 Å². The van der Waals surface area contributed by atoms with Crippen LogP contribution in [-0.4, -0.2) is 145 Å². The lowest BCUT2D eigenvalue weighted by Gasteiger charge is -2.36. The van der Waals surface area contributed by atoms with E-state index in [0.717, 1.165) is 33.1 Å². The highest BCUT2D eigenvalue weighted by Gasteiger charge is 2.45. The quantitative estimate of drug-likeness (QED) is 0.0540. The maximum absolute atomic E-state index is 14.2. The number of methoxy groups -OCH3 is 2. The number of nitrogens with one attached hydrogen (secondary N) is 5. The minimum atomic E-state index is -0.995. The van der Waals surface area contributed by atoms with Crippen LogP contribution in [0.2, 0.25) is 10.0 Å². The predicted molar refractivity (Wildman–Crippen MR) is 291 cm³/mol. The molecule has 20 nitrogen and oxygen atoms in total. The number of piperazine rings is 1. The number of aliphatic hydroxyl groups is 1. The van der Waals surface area contributed by atoms with Crippen molar-refractivity contribution >= 4 is 92.9 Å². The molecule has 400 valence electrons. The summed E-state index contributed by atoms with van der Waals surface area (Å²) in [5.74, 6) is -0.211. The molecule has 0 bridgehead atoms. The molecule has 2 aliphatic heterocycles. The molecule has 0 spiro atoms. The molecule has 0 saturated carbocycles. The van der Waals surface area contributed by atoms with Crippen LogP contribution >= 0.6 is 34.5 Å². The average molecular weight is 1090 g/mol. The predicted octanol–water partition coefficient (Wildman–Crippen LogP) is 6.64. The average Bonchev–Trinajstić information content (AvgIpc) is 4.02. The van der Waals surface area contributed by atoms with E-state index >= 15 is 0 Å². The summed E-state index contributed by atoms with van der Waals surface area (Å²) in [6.45, 7) is 12.1. The van der Waals surface area contributed by atoms with Crippen LogP contribution in [0.5, 0.6) is 11.5 Å². The Bertz CT molecular complexity index is 2810. The number of β-amino-alcohol motifs (C(OH)–C–C–N with tert-alkyl or cyclic N) is 1. The minimum Gasteiger partial charge on any atom is -0.495 e. The molecule has 7 rings (SSSR count). The SMILES string of the molecule is COc1cc(OC)c(Cl)c(NC(=O)N(C)c2cc(Nc3ccc(N4CCN(CC(=O)NCCC(=O)NC(C(=O)N5CC(O)CC5C(=O)NC(C)c5ccc(-c6scnc6C)cc5)C(C)(C)C)CC4)cc3)ncn2)c1Cl. The Morgan fingerprint density at radius 1 is 0.893 bits per heavy atom. The molecule has 2 aliphatic rings. The van der Waals surface area contributed by atoms with E-state index in [9.17, 15) is 29.1 Å². The summed E-state index contributed by atoms with van der Waals surface area (Å²) < 4.78 is 10.6. The van der Waals surface area contributed by atoms with E-state index in [1.165, 1.54) is 43.5 Å². The normalized spacial score (nSPS) is 16.6. The van der Waals surface area contributed by atoms with Gasteiger partial charge >= 0.3 is 6.03 Å². The molecule has 2 aromatic heterocycles. The Kier molecular flexibility index (Phi) is 18.4. The van der Waals surface area contributed by atoms with Crippen LogP contribution in [0.1, 0.15) is 57.8 Å². The van der Waals surface area contributed by atoms with E-state index in [4.69, 9.17) is 32.7 Å². The first-order chi connectivity index (χ1) is 35.7. The number of nitrogens with zero attached hydrogens (tertiary/aromatic N) is 7. The first-order valence-corrected chi connectivity index (χ1v) is 26.0. The number of ether oxygens (including phenoxy) is 2. The largest absolute Gasteiger partial charge is 0.495 e. The number of rotatable bonds is 18. The zero-order chi connectivity index (χ0) is 54.1. The van der Waals surface area contributed by atoms with E-state index in [1.807, 2.05) is 88.7 Å². The fraction of sp³-hybridized carbons (Fsp3) is 0.423. The lowest BCUT2D eigenvalue weighted by atomic mass is 9.85. The molecule has 4 unspecified atom stereocenters. The van der Waals surface area contributed by atoms with Gasteiger partial charge in [0.05, 0.1) is 54.7 Å². The van der Waals surface area contributed by atoms with Crippen LogP contribution in [0.3, 0.4) is 0 Å². The third kappa shape index (κ3) is 13.9. The van der Waals surface area contributed by atoms with Gasteiger partial charge < -0.3 is 51.0 Å². The first-order valence-electron chi connectivity index (χ1n) is 24.4. The van der Waals surface area contributed by atoms with Gasteiger partial charge in [0.25, 0.3) is 0 Å². The van der Waals surface area contributed by atoms with Gasteiger partial charge in [-0.1, -0.05) is 68.2 Å². The number of hydrogen-bond acceptors (Lipinski definition) is 15. The highest BCUT2D eigenvalue weighted by molar-refractivity contribution is 7.13. The first kappa shape index (κ1) is 56.0. The van der Waals surface area contributed by atoms with Crippen molar-refractivity contribution in [3.05, 3.63) is 93.8 Å². The van der Waals surface area contributed by atoms with Crippen molar-refractivity contribution < 1.29 is 38.6 Å². The Hall–Kier alpha value is -6.78. The van der Waals surface area contributed by atoms with E-state index in [1.54, 1.807) is 17.4 Å². The summed E-state index contributed by atoms with van der Waals surface area (Å²) in [6, 6.07) is 16.0. The highest BCUT2D eigenvalue weighted by atomic mass is 35.5. The van der Waals surface area contributed by atoms with Crippen LogP contribution in [0.4, 0.5) is 33.5 Å². The van der Waals surface area contributed by atoms with Gasteiger partial charge in [-0.2, -0.15) is 0 Å². The minimum absolute atomic E-state index is 0.0424. The third-order valence-corrected chi connectivity index (χ3v) is 14.8. The van der Waals surface area contributed by atoms with E-state index in [0.29, 0.717) is 37.8 Å². The van der Waals surface area contributed by atoms with Gasteiger partial charge in [-0.15, -0.1) is 11.3 Å². The van der Waals surface area contributed by atoms with Crippen LogP contribution in [0.15, 0.2) is 72.5 Å². The molecule has 2 saturated heterocycles. The number of halogens is 2. The summed E-state index contributed by atoms with van der Waals surface area (Å²) in [6.07, 6.45) is 0.445. The molecule has 4 heterocycles. The molecule has 6 N–H and O–H groups in total. The second kappa shape index (κ2) is 24.7. The molecule has 2 fully saturated rings. The van der Waals surface area contributed by atoms with Crippen LogP contribution in [0.25, 0.3) is 10.4 Å². The van der Waals surface area contributed by atoms with E-state index < -0.39 is 41.4 Å². The summed E-state index contributed by atoms with van der Waals surface area (Å²) in [5, 5.41) is 25.6. The number of carbonyl (C=O) groups is 5. The van der Waals surface area contributed by atoms with Crippen LogP contribution in [0, 0.1) is 12.3 Å². The Balaban J connectivity index is 0.834. The second-order valence-corrected chi connectivity index (χ2v) is 21.1. The molecule has 0 aliphatic carbocycles. The number of anilines is 5. The number of hydrogen-bond donors (Lipinski definition) is 6. The maximum Gasteiger partial charge on any atom is 0.327 e. The molecule has 5 aromatic rings. The number of urea groups is 1. The van der Waals surface area contributed by atoms with Gasteiger partial charge in [-0.05, 0) is 54.7 Å². The van der Waals surface area contributed by atoms with Crippen molar-refractivity contribution in [1.29, 1.82) is 0 Å². The second-order valence-electron chi connectivity index (χ2n) is 19.5. The number of aryl methyl sites for hydroxylation is 1. The number of likely N-dealkylation sites (tertiary alicyclic amines) is 1. The molecule has 23 heteroatoms. The van der Waals surface area contributed by atoms with Crippen molar-refractivity contribution in [1.82, 2.24) is 40.7 Å². The lowest BCUT2D eigenvalue weighted by Crippen LogP contribution is -2.58. The number of carbonyl (C=O) groups excluding carboxylic acids is 5. The summed E-state index contributed by atoms with van der Waals surface area (Å²) in [7, 11) is 4.41. The zero-order valence-electron chi connectivity index (χ0n) is 43.2. The van der Waals surface area contributed by atoms with Crippen LogP contribution in [-0.2, 0) is 19.2 Å². The molecule has 0 radical (unpaired) electrons. The molecular weight excluding hydrogens is 1020 g/mol. The fourth-order valence-corrected chi connectivity index (χ4v) is 10.2. The van der Waals surface area contributed by atoms with Gasteiger partial charge in [-0.25, -0.2) is 19.7 Å². The summed E-state index contributed by atoms with van der Waals surface area (Å²) in [4.78, 5) is 88.4. The van der Waals surface area contributed by atoms with Crippen molar-refractivity contribution in [2.75, 3.05) is 87.5 Å². The summed E-state index contributed by atoms with van der Waals surface area (Å²) in [5.41, 5.74) is 5.83. The molecule has 6 amide bonds. The summed E-state index contributed by atoms with van der Waals surface area (Å²) >= 11 is 14.5. The molecule has 75 heavy (non-hydrogen) atoms. The monoisotopic (exact) mass is 1090 g/mol. The Morgan fingerprint density at radius 3 is 2.17 bits per heavy atom. The standard InChI is InChI=1S/C52H64Cl2N12O8S/c1-30(32-9-11-33(12-10-32)47-31(2)58-29-75-47)59-49(70)37-23-36(67)26-66(37)50(71)48(52(3,4)5)61-42(68)17-18-55-43(69)27-64-19-21-65(22-20-64)35-15-13-34(14-16-35)60-40-25-41(57-28-56-40)63(6)51(72)62-46-44(53)38(73-7)24-39(74-8)45(46)54/h9-16,24-25,28-30,36-37,48,67H,17-23,26-27H2,1-8H3,(H,55,69)(H,59,70)(H,61,68)(H,62,72)(H,56,57,60). The van der Waals surface area contributed by atoms with Gasteiger partial charge in [-0.3, -0.25) is 29.0 Å². The molecular formula is C52H64Cl2N12O8S. The molecule has 3 aromatic carbocycles. The third-order valence-electron chi connectivity index (χ3n) is 13.1. The molecule has 4 atom stereocenters. The number of thiazole rings is 1. The van der Waals surface area contributed by atoms with Crippen molar-refractivity contribution in [3.63, 3.8) is 0 Å². The van der Waals surface area contributed by atoms with Gasteiger partial charge in [0.2, 0.25) is 23.6 Å². The smallest absolute Gasteiger partial charge is 0.327 e. The number of benzene rings is 3. The van der Waals surface area contributed by atoms with Gasteiger partial charge in [0.15, 0.2) is 0 Å². The van der Waals surface area contributed by atoms with Gasteiger partial charge in [0.1, 0.15) is 51.6 Å². The lowest BCUT2D eigenvalue weighted by molar-refractivity contribution is -0.144. The highest BCUT2D eigenvalue weighted by Crippen LogP contribution is 2.44. The van der Waals surface area contributed by atoms with Crippen LogP contribution < -0.4 is 45.9 Å². The number of aromatic nitrogens is 3. The van der Waals surface area contributed by atoms with Crippen molar-refractivity contribution in [2.45, 2.75) is 71.7 Å². The van der Waals surface area contributed by atoms with E-state index in [2.05, 4.69) is 51.3 Å².